The molecule has 1 rings (SSSR count). The van der Waals surface area contributed by atoms with E-state index < -0.39 is 5.60 Å². The molecular formula is C14H29N3O2. The van der Waals surface area contributed by atoms with Gasteiger partial charge in [0.1, 0.15) is 5.60 Å². The maximum atomic E-state index is 12.0. The van der Waals surface area contributed by atoms with Crippen molar-refractivity contribution < 1.29 is 9.53 Å². The molecule has 5 heteroatoms. The average Bonchev–Trinajstić information content (AvgIpc) is 2.53. The first-order valence-electron chi connectivity index (χ1n) is 7.33. The van der Waals surface area contributed by atoms with Crippen LogP contribution in [0.3, 0.4) is 0 Å². The molecule has 1 saturated heterocycles. The molecular weight excluding hydrogens is 242 g/mol. The molecule has 1 aliphatic heterocycles. The van der Waals surface area contributed by atoms with Crippen LogP contribution >= 0.6 is 0 Å². The van der Waals surface area contributed by atoms with Gasteiger partial charge in [0.25, 0.3) is 0 Å². The average molecular weight is 271 g/mol. The van der Waals surface area contributed by atoms with Crippen molar-refractivity contribution in [2.45, 2.75) is 45.6 Å². The lowest BCUT2D eigenvalue weighted by atomic mass is 10.2. The van der Waals surface area contributed by atoms with Crippen LogP contribution in [0.4, 0.5) is 4.79 Å². The number of nitrogens with two attached hydrogens (primary N) is 1. The molecule has 0 unspecified atom stereocenters. The van der Waals surface area contributed by atoms with E-state index in [1.807, 2.05) is 25.7 Å². The zero-order valence-corrected chi connectivity index (χ0v) is 12.7. The standard InChI is InChI=1S/C14H29N3O2/c1-14(2,3)19-13(18)17-10-6-9-16(11-12-17)8-5-4-7-15/h4-12,15H2,1-3H3. The SMILES string of the molecule is CC(C)(C)OC(=O)N1CCCN(CCCCN)CC1. The van der Waals surface area contributed by atoms with Crippen LogP contribution in [0.15, 0.2) is 0 Å². The van der Waals surface area contributed by atoms with Crippen molar-refractivity contribution in [1.82, 2.24) is 9.80 Å². The van der Waals surface area contributed by atoms with Crippen molar-refractivity contribution in [2.24, 2.45) is 5.73 Å². The lowest BCUT2D eigenvalue weighted by molar-refractivity contribution is 0.0257. The smallest absolute Gasteiger partial charge is 0.410 e. The minimum atomic E-state index is -0.412. The second-order valence-corrected chi connectivity index (χ2v) is 6.16. The fraction of sp³-hybridized carbons (Fsp3) is 0.929. The summed E-state index contributed by atoms with van der Waals surface area (Å²) in [6, 6.07) is 0. The third-order valence-corrected chi connectivity index (χ3v) is 3.17. The first-order valence-corrected chi connectivity index (χ1v) is 7.33. The van der Waals surface area contributed by atoms with Crippen LogP contribution in [0.25, 0.3) is 0 Å². The van der Waals surface area contributed by atoms with E-state index >= 15 is 0 Å². The molecule has 0 aliphatic carbocycles. The monoisotopic (exact) mass is 271 g/mol. The molecule has 0 aromatic rings. The predicted octanol–water partition coefficient (Wildman–Crippen LogP) is 1.67. The Morgan fingerprint density at radius 2 is 1.89 bits per heavy atom. The highest BCUT2D eigenvalue weighted by atomic mass is 16.6. The number of nitrogens with zero attached hydrogens (tertiary/aromatic N) is 2. The number of amides is 1. The Labute approximate surface area is 117 Å². The lowest BCUT2D eigenvalue weighted by Gasteiger charge is -2.26. The summed E-state index contributed by atoms with van der Waals surface area (Å²) in [6.45, 7) is 11.1. The van der Waals surface area contributed by atoms with Crippen molar-refractivity contribution in [1.29, 1.82) is 0 Å². The van der Waals surface area contributed by atoms with Crippen LogP contribution in [0, 0.1) is 0 Å². The number of hydrogen-bond acceptors (Lipinski definition) is 4. The summed E-state index contributed by atoms with van der Waals surface area (Å²) in [5.41, 5.74) is 5.10. The van der Waals surface area contributed by atoms with Crippen molar-refractivity contribution in [3.8, 4) is 0 Å². The largest absolute Gasteiger partial charge is 0.444 e. The van der Waals surface area contributed by atoms with Crippen LogP contribution in [0.1, 0.15) is 40.0 Å². The van der Waals surface area contributed by atoms with Crippen LogP contribution in [-0.4, -0.2) is 60.8 Å². The third-order valence-electron chi connectivity index (χ3n) is 3.17. The molecule has 19 heavy (non-hydrogen) atoms. The fourth-order valence-electron chi connectivity index (χ4n) is 2.18. The van der Waals surface area contributed by atoms with E-state index in [4.69, 9.17) is 10.5 Å². The van der Waals surface area contributed by atoms with Crippen LogP contribution in [0.2, 0.25) is 0 Å². The van der Waals surface area contributed by atoms with E-state index in [9.17, 15) is 4.79 Å². The topological polar surface area (TPSA) is 58.8 Å². The van der Waals surface area contributed by atoms with Gasteiger partial charge in [-0.2, -0.15) is 0 Å². The van der Waals surface area contributed by atoms with Crippen LogP contribution < -0.4 is 5.73 Å². The minimum absolute atomic E-state index is 0.184. The maximum absolute atomic E-state index is 12.0. The van der Waals surface area contributed by atoms with Gasteiger partial charge in [-0.25, -0.2) is 4.79 Å². The van der Waals surface area contributed by atoms with Gasteiger partial charge >= 0.3 is 6.09 Å². The Morgan fingerprint density at radius 3 is 2.53 bits per heavy atom. The number of carbonyl (C=O) groups excluding carboxylic acids is 1. The van der Waals surface area contributed by atoms with Crippen LogP contribution in [0.5, 0.6) is 0 Å². The molecule has 1 amide bonds. The second kappa shape index (κ2) is 7.70. The molecule has 5 nitrogen and oxygen atoms in total. The highest BCUT2D eigenvalue weighted by Gasteiger charge is 2.24. The first kappa shape index (κ1) is 16.2. The highest BCUT2D eigenvalue weighted by Crippen LogP contribution is 2.12. The molecule has 0 aromatic heterocycles. The molecule has 112 valence electrons. The van der Waals surface area contributed by atoms with Crippen molar-refractivity contribution in [3.05, 3.63) is 0 Å². The van der Waals surface area contributed by atoms with Gasteiger partial charge in [-0.05, 0) is 59.7 Å². The summed E-state index contributed by atoms with van der Waals surface area (Å²) < 4.78 is 5.42. The molecule has 2 N–H and O–H groups in total. The second-order valence-electron chi connectivity index (χ2n) is 6.16. The van der Waals surface area contributed by atoms with E-state index in [1.165, 1.54) is 0 Å². The number of hydrogen-bond donors (Lipinski definition) is 1. The van der Waals surface area contributed by atoms with Crippen molar-refractivity contribution in [3.63, 3.8) is 0 Å². The van der Waals surface area contributed by atoms with Gasteiger partial charge in [0.15, 0.2) is 0 Å². The quantitative estimate of drug-likeness (QED) is 0.790. The van der Waals surface area contributed by atoms with E-state index in [0.717, 1.165) is 58.5 Å². The van der Waals surface area contributed by atoms with E-state index in [2.05, 4.69) is 4.90 Å². The zero-order chi connectivity index (χ0) is 14.3. The molecule has 0 bridgehead atoms. The van der Waals surface area contributed by atoms with E-state index in [-0.39, 0.29) is 6.09 Å². The van der Waals surface area contributed by atoms with Gasteiger partial charge < -0.3 is 20.3 Å². The molecule has 0 aromatic carbocycles. The summed E-state index contributed by atoms with van der Waals surface area (Å²) in [7, 11) is 0. The summed E-state index contributed by atoms with van der Waals surface area (Å²) in [5.74, 6) is 0. The summed E-state index contributed by atoms with van der Waals surface area (Å²) in [4.78, 5) is 16.2. The Kier molecular flexibility index (Phi) is 6.58. The number of carbonyl (C=O) groups is 1. The molecule has 1 aliphatic rings. The molecule has 0 atom stereocenters. The van der Waals surface area contributed by atoms with Gasteiger partial charge in [-0.3, -0.25) is 0 Å². The van der Waals surface area contributed by atoms with Gasteiger partial charge in [0, 0.05) is 19.6 Å². The molecule has 0 spiro atoms. The Bertz CT molecular complexity index is 276. The highest BCUT2D eigenvalue weighted by molar-refractivity contribution is 5.68. The number of ether oxygens (including phenoxy) is 1. The Hall–Kier alpha value is -0.810. The normalized spacial score (nSPS) is 18.2. The summed E-state index contributed by atoms with van der Waals surface area (Å²) in [5, 5.41) is 0. The summed E-state index contributed by atoms with van der Waals surface area (Å²) >= 11 is 0. The molecule has 1 fully saturated rings. The van der Waals surface area contributed by atoms with Crippen LogP contribution in [-0.2, 0) is 4.74 Å². The fourth-order valence-corrected chi connectivity index (χ4v) is 2.18. The van der Waals surface area contributed by atoms with Gasteiger partial charge in [-0.1, -0.05) is 0 Å². The van der Waals surface area contributed by atoms with Gasteiger partial charge in [0.2, 0.25) is 0 Å². The molecule has 1 heterocycles. The molecule has 0 saturated carbocycles. The maximum Gasteiger partial charge on any atom is 0.410 e. The summed E-state index contributed by atoms with van der Waals surface area (Å²) in [6.07, 6.45) is 3.05. The predicted molar refractivity (Wildman–Crippen MR) is 77.2 cm³/mol. The van der Waals surface area contributed by atoms with Gasteiger partial charge in [0.05, 0.1) is 0 Å². The molecule has 0 radical (unpaired) electrons. The number of unbranched alkanes of at least 4 members (excludes halogenated alkanes) is 1. The first-order chi connectivity index (χ1) is 8.92. The minimum Gasteiger partial charge on any atom is -0.444 e. The zero-order valence-electron chi connectivity index (χ0n) is 12.7. The third kappa shape index (κ3) is 6.78. The Balaban J connectivity index is 2.34. The van der Waals surface area contributed by atoms with Gasteiger partial charge in [-0.15, -0.1) is 0 Å². The lowest BCUT2D eigenvalue weighted by Crippen LogP contribution is -2.39. The van der Waals surface area contributed by atoms with Crippen molar-refractivity contribution >= 4 is 6.09 Å². The Morgan fingerprint density at radius 1 is 1.16 bits per heavy atom. The van der Waals surface area contributed by atoms with E-state index in [0.29, 0.717) is 0 Å². The van der Waals surface area contributed by atoms with E-state index in [1.54, 1.807) is 0 Å². The van der Waals surface area contributed by atoms with Crippen molar-refractivity contribution in [2.75, 3.05) is 39.3 Å². The number of rotatable bonds is 4.